The number of primary amides is 1. The number of amides is 1. The number of H-pyrrole nitrogens is 1. The zero-order valence-corrected chi connectivity index (χ0v) is 33.5. The molecule has 1 aliphatic carbocycles. The summed E-state index contributed by atoms with van der Waals surface area (Å²) in [6, 6.07) is 9.21. The number of carbonyl (C=O) groups is 2. The van der Waals surface area contributed by atoms with E-state index in [1.807, 2.05) is 44.0 Å². The number of aliphatic hydroxyl groups excluding tert-OH is 1. The molecule has 2 saturated heterocycles. The van der Waals surface area contributed by atoms with Gasteiger partial charge in [0.2, 0.25) is 0 Å². The van der Waals surface area contributed by atoms with Gasteiger partial charge in [0, 0.05) is 84.0 Å². The monoisotopic (exact) mass is 767 g/mol. The topological polar surface area (TPSA) is 165 Å². The van der Waals surface area contributed by atoms with Crippen LogP contribution in [-0.4, -0.2) is 125 Å². The number of likely N-dealkylation sites (N-methyl/N-ethyl adjacent to an activating group) is 1. The molecule has 12 nitrogen and oxygen atoms in total. The fourth-order valence-corrected chi connectivity index (χ4v) is 13.2. The van der Waals surface area contributed by atoms with Gasteiger partial charge in [0.15, 0.2) is 5.60 Å². The van der Waals surface area contributed by atoms with Crippen molar-refractivity contribution in [2.75, 3.05) is 58.9 Å². The summed E-state index contributed by atoms with van der Waals surface area (Å²) in [6.07, 6.45) is 5.78. The van der Waals surface area contributed by atoms with Crippen molar-refractivity contribution in [3.63, 3.8) is 0 Å². The number of benzene rings is 2. The average Bonchev–Trinajstić information content (AvgIpc) is 3.84. The number of nitrogens with one attached hydrogen (secondary N) is 1. The summed E-state index contributed by atoms with van der Waals surface area (Å²) < 4.78 is 12.3. The maximum absolute atomic E-state index is 15.3. The third kappa shape index (κ3) is 4.59. The third-order valence-corrected chi connectivity index (χ3v) is 15.5. The van der Waals surface area contributed by atoms with E-state index in [1.54, 1.807) is 7.11 Å². The quantitative estimate of drug-likeness (QED) is 0.186. The van der Waals surface area contributed by atoms with E-state index >= 15 is 4.79 Å². The number of nitrogens with zero attached hydrogens (tertiary/aromatic N) is 3. The van der Waals surface area contributed by atoms with Gasteiger partial charge in [-0.25, -0.2) is 0 Å². The number of aliphatic hydroxyl groups is 3. The van der Waals surface area contributed by atoms with E-state index in [1.165, 1.54) is 7.11 Å². The summed E-state index contributed by atoms with van der Waals surface area (Å²) in [6.45, 7) is 9.47. The molecule has 1 spiro atoms. The van der Waals surface area contributed by atoms with Gasteiger partial charge in [-0.3, -0.25) is 19.4 Å². The number of esters is 1. The number of carbonyl (C=O) groups excluding carboxylic acids is 2. The molecule has 6 heterocycles. The van der Waals surface area contributed by atoms with E-state index in [4.69, 9.17) is 15.2 Å². The summed E-state index contributed by atoms with van der Waals surface area (Å²) in [5.41, 5.74) is 5.85. The first-order valence-corrected chi connectivity index (χ1v) is 20.4. The van der Waals surface area contributed by atoms with E-state index in [-0.39, 0.29) is 12.0 Å². The van der Waals surface area contributed by atoms with Crippen LogP contribution in [0.25, 0.3) is 10.9 Å². The van der Waals surface area contributed by atoms with Crippen LogP contribution in [0.2, 0.25) is 0 Å². The van der Waals surface area contributed by atoms with Gasteiger partial charge in [-0.15, -0.1) is 0 Å². The second-order valence-electron chi connectivity index (χ2n) is 18.0. The Hall–Kier alpha value is -3.94. The molecule has 2 aromatic carbocycles. The highest BCUT2D eigenvalue weighted by molar-refractivity contribution is 5.95. The lowest BCUT2D eigenvalue weighted by Gasteiger charge is -2.63. The summed E-state index contributed by atoms with van der Waals surface area (Å²) in [5, 5.41) is 38.1. The smallest absolute Gasteiger partial charge is 0.322 e. The molecular weight excluding hydrogens is 711 g/mol. The number of aromatic amines is 1. The van der Waals surface area contributed by atoms with Crippen molar-refractivity contribution < 1.29 is 34.4 Å². The minimum Gasteiger partial charge on any atom is -0.496 e. The number of hydrogen-bond donors (Lipinski definition) is 5. The highest BCUT2D eigenvalue weighted by atomic mass is 16.5. The van der Waals surface area contributed by atoms with E-state index in [0.29, 0.717) is 69.5 Å². The van der Waals surface area contributed by atoms with Gasteiger partial charge in [-0.05, 0) is 87.2 Å². The van der Waals surface area contributed by atoms with Gasteiger partial charge >= 0.3 is 5.97 Å². The molecule has 9 rings (SSSR count). The van der Waals surface area contributed by atoms with Gasteiger partial charge in [0.05, 0.1) is 25.9 Å². The molecule has 6 N–H and O–H groups in total. The molecule has 3 unspecified atom stereocenters. The molecule has 3 aromatic rings. The van der Waals surface area contributed by atoms with Crippen LogP contribution in [0.15, 0.2) is 42.5 Å². The third-order valence-electron chi connectivity index (χ3n) is 15.5. The van der Waals surface area contributed by atoms with Crippen LogP contribution in [0, 0.1) is 18.3 Å². The Morgan fingerprint density at radius 1 is 1.04 bits per heavy atom. The largest absolute Gasteiger partial charge is 0.496 e. The van der Waals surface area contributed by atoms with Gasteiger partial charge in [0.1, 0.15) is 17.3 Å². The number of nitrogens with two attached hydrogens (primary N) is 1. The maximum Gasteiger partial charge on any atom is 0.322 e. The van der Waals surface area contributed by atoms with E-state index in [9.17, 15) is 20.1 Å². The molecule has 10 atom stereocenters. The van der Waals surface area contributed by atoms with Gasteiger partial charge in [-0.1, -0.05) is 37.6 Å². The predicted octanol–water partition coefficient (Wildman–Crippen LogP) is 3.04. The standard InChI is InChI=1S/C44H57N5O7/c1-7-40(53)21-26-22-43(39(52)56-6,34-27(12-16-48(23-26)24-40)28-18-25(3)10-11-31(28)46-34)30-19-29-32(20-33(30)55-5)47(4)36-42(29)14-17-49-15-9-13-41(8-2,35(42)49)37(50)44(36,54)38(45)51/h9-11,13,18-20,26,35-37,46,50,53-54H,7-8,12,14-17,21-24H2,1-6H3,(H2,45,51)/t26-,35-,36+,37+,40-,41+,42+,43?,44?/m0/s1. The Kier molecular flexibility index (Phi) is 8.42. The van der Waals surface area contributed by atoms with Crippen LogP contribution < -0.4 is 15.4 Å². The Morgan fingerprint density at radius 3 is 2.52 bits per heavy atom. The number of aromatic nitrogens is 1. The Morgan fingerprint density at radius 2 is 1.82 bits per heavy atom. The van der Waals surface area contributed by atoms with E-state index < -0.39 is 51.5 Å². The molecule has 1 aromatic heterocycles. The fraction of sp³-hybridized carbons (Fsp3) is 0.591. The number of anilines is 1. The van der Waals surface area contributed by atoms with Crippen molar-refractivity contribution >= 4 is 28.5 Å². The van der Waals surface area contributed by atoms with Gasteiger partial charge < -0.3 is 40.4 Å². The average molecular weight is 768 g/mol. The first kappa shape index (κ1) is 37.6. The molecule has 6 aliphatic rings. The van der Waals surface area contributed by atoms with Crippen molar-refractivity contribution in [1.29, 1.82) is 0 Å². The Bertz CT molecular complexity index is 2170. The second kappa shape index (κ2) is 12.5. The molecule has 300 valence electrons. The van der Waals surface area contributed by atoms with Crippen LogP contribution in [0.3, 0.4) is 0 Å². The summed E-state index contributed by atoms with van der Waals surface area (Å²) in [7, 11) is 4.90. The number of piperidine rings is 1. The molecular formula is C44H57N5O7. The highest BCUT2D eigenvalue weighted by Gasteiger charge is 2.78. The zero-order valence-electron chi connectivity index (χ0n) is 33.5. The Labute approximate surface area is 328 Å². The number of aryl methyl sites for hydroxylation is 1. The van der Waals surface area contributed by atoms with Crippen LogP contribution in [-0.2, 0) is 31.6 Å². The summed E-state index contributed by atoms with van der Waals surface area (Å²) in [5.74, 6) is -1.00. The number of fused-ring (bicyclic) bond motifs is 6. The normalized spacial score (nSPS) is 38.5. The van der Waals surface area contributed by atoms with Gasteiger partial charge in [-0.2, -0.15) is 0 Å². The van der Waals surface area contributed by atoms with Crippen molar-refractivity contribution in [1.82, 2.24) is 14.8 Å². The molecule has 5 aliphatic heterocycles. The van der Waals surface area contributed by atoms with Crippen molar-refractivity contribution in [3.05, 3.63) is 70.4 Å². The number of rotatable bonds is 6. The van der Waals surface area contributed by atoms with E-state index in [0.717, 1.165) is 52.1 Å². The molecule has 56 heavy (non-hydrogen) atoms. The van der Waals surface area contributed by atoms with Crippen molar-refractivity contribution in [2.45, 2.75) is 99.5 Å². The van der Waals surface area contributed by atoms with Crippen molar-refractivity contribution in [2.24, 2.45) is 17.1 Å². The van der Waals surface area contributed by atoms with Crippen molar-refractivity contribution in [3.8, 4) is 5.75 Å². The number of hydrogen-bond acceptors (Lipinski definition) is 10. The number of methoxy groups -OCH3 is 2. The lowest BCUT2D eigenvalue weighted by molar-refractivity contribution is -0.201. The first-order chi connectivity index (χ1) is 26.7. The minimum absolute atomic E-state index is 0.0820. The van der Waals surface area contributed by atoms with Crippen LogP contribution in [0.5, 0.6) is 5.75 Å². The Balaban J connectivity index is 1.37. The molecule has 12 heteroatoms. The number of ether oxygens (including phenoxy) is 2. The molecule has 2 bridgehead atoms. The SMILES string of the molecule is CC[C@]1(O)C[C@@H]2CN(CCc3c([nH]c4ccc(C)cc34)C(C(=O)OC)(c3cc4c(cc3OC)N(C)[C@H]3C(O)(C(N)=O)[C@H](O)[C@]5(CC)C=CCN6CC[C@]43[C@@H]65)C2)C1. The molecule has 1 amide bonds. The molecule has 1 saturated carbocycles. The lowest BCUT2D eigenvalue weighted by atomic mass is 9.47. The molecule has 0 radical (unpaired) electrons. The minimum atomic E-state index is -2.30. The molecule has 3 fully saturated rings. The van der Waals surface area contributed by atoms with Crippen LogP contribution in [0.1, 0.15) is 73.9 Å². The van der Waals surface area contributed by atoms with Crippen LogP contribution in [0.4, 0.5) is 5.69 Å². The van der Waals surface area contributed by atoms with Gasteiger partial charge in [0.25, 0.3) is 5.91 Å². The summed E-state index contributed by atoms with van der Waals surface area (Å²) >= 11 is 0. The zero-order chi connectivity index (χ0) is 39.7. The van der Waals surface area contributed by atoms with Crippen LogP contribution >= 0.6 is 0 Å². The predicted molar refractivity (Wildman–Crippen MR) is 213 cm³/mol. The first-order valence-electron chi connectivity index (χ1n) is 20.4. The fourth-order valence-electron chi connectivity index (χ4n) is 13.2. The maximum atomic E-state index is 15.3. The van der Waals surface area contributed by atoms with E-state index in [2.05, 4.69) is 46.0 Å². The lowest BCUT2D eigenvalue weighted by Crippen LogP contribution is -2.81. The second-order valence-corrected chi connectivity index (χ2v) is 18.0. The highest BCUT2D eigenvalue weighted by Crippen LogP contribution is 2.67. The summed E-state index contributed by atoms with van der Waals surface area (Å²) in [4.78, 5) is 39.4.